The van der Waals surface area contributed by atoms with Crippen LogP contribution in [0.2, 0.25) is 0 Å². The van der Waals surface area contributed by atoms with Gasteiger partial charge in [-0.15, -0.1) is 34.0 Å². The topological polar surface area (TPSA) is 31.9 Å². The van der Waals surface area contributed by atoms with Crippen LogP contribution in [0.3, 0.4) is 0 Å². The van der Waals surface area contributed by atoms with Gasteiger partial charge in [0.1, 0.15) is 0 Å². The standard InChI is InChI=1S/C12H21N3.2BrH/c1-10(2)15-5-3-11(4-6-15)7-12-8-13-9-14-12;;/h8-11H,3-7H2,1-2H3,(H,13,14);2*1H. The second kappa shape index (κ2) is 8.27. The highest BCUT2D eigenvalue weighted by Gasteiger charge is 2.20. The zero-order chi connectivity index (χ0) is 10.7. The normalized spacial score (nSPS) is 17.6. The number of halogens is 2. The minimum atomic E-state index is 0. The van der Waals surface area contributed by atoms with Crippen LogP contribution in [0.4, 0.5) is 0 Å². The molecule has 0 atom stereocenters. The highest BCUT2D eigenvalue weighted by Crippen LogP contribution is 2.21. The van der Waals surface area contributed by atoms with Crippen molar-refractivity contribution in [3.8, 4) is 0 Å². The van der Waals surface area contributed by atoms with Crippen LogP contribution in [0.5, 0.6) is 0 Å². The van der Waals surface area contributed by atoms with Crippen molar-refractivity contribution in [3.05, 3.63) is 18.2 Å². The van der Waals surface area contributed by atoms with E-state index in [0.717, 1.165) is 5.92 Å². The summed E-state index contributed by atoms with van der Waals surface area (Å²) < 4.78 is 0. The molecule has 5 heteroatoms. The molecule has 1 aliphatic heterocycles. The van der Waals surface area contributed by atoms with Crippen molar-refractivity contribution in [3.63, 3.8) is 0 Å². The summed E-state index contributed by atoms with van der Waals surface area (Å²) in [5.74, 6) is 0.848. The molecular formula is C12H23Br2N3. The van der Waals surface area contributed by atoms with E-state index in [1.54, 1.807) is 6.33 Å². The molecule has 0 saturated carbocycles. The first kappa shape index (κ1) is 17.1. The Morgan fingerprint density at radius 2 is 2.00 bits per heavy atom. The van der Waals surface area contributed by atoms with Crippen molar-refractivity contribution < 1.29 is 0 Å². The van der Waals surface area contributed by atoms with Gasteiger partial charge >= 0.3 is 0 Å². The molecule has 1 aromatic rings. The summed E-state index contributed by atoms with van der Waals surface area (Å²) in [5.41, 5.74) is 1.29. The Kier molecular flexibility index (Phi) is 8.33. The summed E-state index contributed by atoms with van der Waals surface area (Å²) >= 11 is 0. The van der Waals surface area contributed by atoms with Gasteiger partial charge in [0.2, 0.25) is 0 Å². The van der Waals surface area contributed by atoms with Gasteiger partial charge in [0.25, 0.3) is 0 Å². The zero-order valence-corrected chi connectivity index (χ0v) is 14.0. The first-order valence-electron chi connectivity index (χ1n) is 5.97. The van der Waals surface area contributed by atoms with E-state index >= 15 is 0 Å². The maximum atomic E-state index is 4.06. The third-order valence-electron chi connectivity index (χ3n) is 3.44. The number of imidazole rings is 1. The molecule has 17 heavy (non-hydrogen) atoms. The maximum absolute atomic E-state index is 4.06. The van der Waals surface area contributed by atoms with Crippen LogP contribution in [-0.4, -0.2) is 34.0 Å². The first-order valence-corrected chi connectivity index (χ1v) is 5.97. The number of aromatic amines is 1. The van der Waals surface area contributed by atoms with E-state index in [9.17, 15) is 0 Å². The quantitative estimate of drug-likeness (QED) is 0.888. The van der Waals surface area contributed by atoms with Crippen LogP contribution in [0.1, 0.15) is 32.4 Å². The molecule has 1 saturated heterocycles. The molecule has 2 heterocycles. The molecule has 1 aromatic heterocycles. The van der Waals surface area contributed by atoms with Crippen LogP contribution in [0.25, 0.3) is 0 Å². The van der Waals surface area contributed by atoms with Gasteiger partial charge in [-0.2, -0.15) is 0 Å². The third kappa shape index (κ3) is 5.10. The van der Waals surface area contributed by atoms with Crippen LogP contribution in [0, 0.1) is 5.92 Å². The van der Waals surface area contributed by atoms with Gasteiger partial charge in [-0.25, -0.2) is 4.98 Å². The van der Waals surface area contributed by atoms with Gasteiger partial charge in [0.15, 0.2) is 0 Å². The molecule has 0 spiro atoms. The molecule has 1 N–H and O–H groups in total. The van der Waals surface area contributed by atoms with Gasteiger partial charge in [-0.3, -0.25) is 0 Å². The second-order valence-corrected chi connectivity index (χ2v) is 4.85. The number of nitrogens with one attached hydrogen (secondary N) is 1. The van der Waals surface area contributed by atoms with Crippen molar-refractivity contribution in [2.24, 2.45) is 5.92 Å². The van der Waals surface area contributed by atoms with E-state index in [0.29, 0.717) is 6.04 Å². The smallest absolute Gasteiger partial charge is 0.0921 e. The fraction of sp³-hybridized carbons (Fsp3) is 0.750. The Balaban J connectivity index is 0.00000128. The molecule has 1 fully saturated rings. The predicted octanol–water partition coefficient (Wildman–Crippen LogP) is 3.23. The van der Waals surface area contributed by atoms with Crippen LogP contribution in [0.15, 0.2) is 12.5 Å². The zero-order valence-electron chi connectivity index (χ0n) is 10.6. The molecule has 2 rings (SSSR count). The molecule has 0 aromatic carbocycles. The lowest BCUT2D eigenvalue weighted by molar-refractivity contribution is 0.149. The van der Waals surface area contributed by atoms with E-state index in [4.69, 9.17) is 0 Å². The van der Waals surface area contributed by atoms with Gasteiger partial charge in [-0.1, -0.05) is 0 Å². The Morgan fingerprint density at radius 3 is 2.47 bits per heavy atom. The molecular weight excluding hydrogens is 346 g/mol. The number of likely N-dealkylation sites (tertiary alicyclic amines) is 1. The van der Waals surface area contributed by atoms with Crippen molar-refractivity contribution in [2.75, 3.05) is 13.1 Å². The van der Waals surface area contributed by atoms with Crippen molar-refractivity contribution in [2.45, 2.75) is 39.2 Å². The Bertz CT molecular complexity index is 280. The summed E-state index contributed by atoms with van der Waals surface area (Å²) in [4.78, 5) is 9.83. The number of hydrogen-bond donors (Lipinski definition) is 1. The maximum Gasteiger partial charge on any atom is 0.0921 e. The van der Waals surface area contributed by atoms with E-state index in [1.165, 1.54) is 38.0 Å². The number of piperidine rings is 1. The predicted molar refractivity (Wildman–Crippen MR) is 82.4 cm³/mol. The van der Waals surface area contributed by atoms with Crippen molar-refractivity contribution in [1.82, 2.24) is 14.9 Å². The van der Waals surface area contributed by atoms with Crippen LogP contribution in [-0.2, 0) is 6.42 Å². The molecule has 3 nitrogen and oxygen atoms in total. The van der Waals surface area contributed by atoms with Gasteiger partial charge < -0.3 is 9.88 Å². The number of aromatic nitrogens is 2. The van der Waals surface area contributed by atoms with Gasteiger partial charge in [0, 0.05) is 17.9 Å². The highest BCUT2D eigenvalue weighted by atomic mass is 79.9. The average molecular weight is 369 g/mol. The fourth-order valence-electron chi connectivity index (χ4n) is 2.38. The average Bonchev–Trinajstić information content (AvgIpc) is 2.71. The fourth-order valence-corrected chi connectivity index (χ4v) is 2.38. The lowest BCUT2D eigenvalue weighted by atomic mass is 9.92. The minimum Gasteiger partial charge on any atom is -0.348 e. The first-order chi connectivity index (χ1) is 7.25. The van der Waals surface area contributed by atoms with Gasteiger partial charge in [0.05, 0.1) is 6.33 Å². The Hall–Kier alpha value is 0.130. The van der Waals surface area contributed by atoms with Crippen molar-refractivity contribution in [1.29, 1.82) is 0 Å². The molecule has 0 radical (unpaired) electrons. The summed E-state index contributed by atoms with van der Waals surface area (Å²) in [5, 5.41) is 0. The lowest BCUT2D eigenvalue weighted by Gasteiger charge is -2.34. The number of nitrogens with zero attached hydrogens (tertiary/aromatic N) is 2. The molecule has 0 bridgehead atoms. The number of rotatable bonds is 3. The van der Waals surface area contributed by atoms with E-state index in [1.807, 2.05) is 6.20 Å². The van der Waals surface area contributed by atoms with E-state index in [2.05, 4.69) is 28.7 Å². The third-order valence-corrected chi connectivity index (χ3v) is 3.44. The SMILES string of the molecule is Br.Br.CC(C)N1CCC(Cc2cnc[nH]2)CC1. The monoisotopic (exact) mass is 367 g/mol. The molecule has 0 unspecified atom stereocenters. The van der Waals surface area contributed by atoms with Crippen LogP contribution < -0.4 is 0 Å². The molecule has 0 amide bonds. The lowest BCUT2D eigenvalue weighted by Crippen LogP contribution is -2.38. The summed E-state index contributed by atoms with van der Waals surface area (Å²) in [6, 6.07) is 0.707. The molecule has 100 valence electrons. The Morgan fingerprint density at radius 1 is 1.35 bits per heavy atom. The number of H-pyrrole nitrogens is 1. The summed E-state index contributed by atoms with van der Waals surface area (Å²) in [7, 11) is 0. The van der Waals surface area contributed by atoms with Crippen LogP contribution >= 0.6 is 34.0 Å². The summed E-state index contributed by atoms with van der Waals surface area (Å²) in [6.45, 7) is 7.09. The minimum absolute atomic E-state index is 0. The second-order valence-electron chi connectivity index (χ2n) is 4.85. The van der Waals surface area contributed by atoms with Crippen molar-refractivity contribution >= 4 is 34.0 Å². The summed E-state index contributed by atoms with van der Waals surface area (Å²) in [6.07, 6.45) is 7.56. The molecule has 1 aliphatic rings. The van der Waals surface area contributed by atoms with Gasteiger partial charge in [-0.05, 0) is 52.1 Å². The largest absolute Gasteiger partial charge is 0.348 e. The Labute approximate surface area is 125 Å². The highest BCUT2D eigenvalue weighted by molar-refractivity contribution is 8.93. The van der Waals surface area contributed by atoms with E-state index < -0.39 is 0 Å². The van der Waals surface area contributed by atoms with E-state index in [-0.39, 0.29) is 34.0 Å². The number of hydrogen-bond acceptors (Lipinski definition) is 2. The molecule has 0 aliphatic carbocycles.